The first-order valence-electron chi connectivity index (χ1n) is 12.9. The Labute approximate surface area is 259 Å². The molecule has 2 N–H and O–H groups in total. The lowest BCUT2D eigenvalue weighted by molar-refractivity contribution is -0.376. The van der Waals surface area contributed by atoms with Crippen LogP contribution in [0.2, 0.25) is 10.0 Å². The molecule has 0 spiro atoms. The van der Waals surface area contributed by atoms with Gasteiger partial charge in [0.15, 0.2) is 5.01 Å². The number of carbonyl (C=O) groups excluding carboxylic acids is 1. The summed E-state index contributed by atoms with van der Waals surface area (Å²) in [5, 5.41) is 21.0. The van der Waals surface area contributed by atoms with Crippen LogP contribution in [0.1, 0.15) is 62.0 Å². The van der Waals surface area contributed by atoms with Gasteiger partial charge in [-0.25, -0.2) is 4.98 Å². The molecule has 18 heteroatoms. The van der Waals surface area contributed by atoms with Crippen molar-refractivity contribution in [3.63, 3.8) is 0 Å². The Morgan fingerprint density at radius 1 is 1.07 bits per heavy atom. The van der Waals surface area contributed by atoms with E-state index < -0.39 is 50.9 Å². The maximum Gasteiger partial charge on any atom is 0.430 e. The van der Waals surface area contributed by atoms with Crippen molar-refractivity contribution in [1.82, 2.24) is 20.0 Å². The van der Waals surface area contributed by atoms with Crippen LogP contribution >= 0.6 is 34.5 Å². The number of carbonyl (C=O) groups is 2. The molecule has 1 saturated heterocycles. The third kappa shape index (κ3) is 6.00. The Balaban J connectivity index is 1.87. The summed E-state index contributed by atoms with van der Waals surface area (Å²) < 4.78 is 86.7. The summed E-state index contributed by atoms with van der Waals surface area (Å²) >= 11 is 13.0. The molecule has 240 valence electrons. The number of halogens is 8. The lowest BCUT2D eigenvalue weighted by Gasteiger charge is -2.34. The van der Waals surface area contributed by atoms with Gasteiger partial charge in [-0.1, -0.05) is 40.5 Å². The summed E-state index contributed by atoms with van der Waals surface area (Å²) in [5.74, 6) is -1.94. The quantitative estimate of drug-likeness (QED) is 0.251. The number of thiazole rings is 1. The molecule has 2 aromatic heterocycles. The van der Waals surface area contributed by atoms with Crippen molar-refractivity contribution < 1.29 is 50.7 Å². The minimum atomic E-state index is -6.21. The van der Waals surface area contributed by atoms with E-state index >= 15 is 0 Å². The number of aromatic nitrogens is 3. The Morgan fingerprint density at radius 2 is 1.70 bits per heavy atom. The lowest BCUT2D eigenvalue weighted by atomic mass is 9.90. The molecule has 1 aliphatic heterocycles. The predicted octanol–water partition coefficient (Wildman–Crippen LogP) is 7.15. The maximum absolute atomic E-state index is 13.7. The number of nitrogens with zero attached hydrogens (tertiary/aromatic N) is 4. The topological polar surface area (TPSA) is 130 Å². The summed E-state index contributed by atoms with van der Waals surface area (Å²) in [6.07, 6.45) is -10.4. The molecule has 3 heterocycles. The average molecular weight is 689 g/mol. The number of alkyl halides is 6. The van der Waals surface area contributed by atoms with E-state index in [-0.39, 0.29) is 45.3 Å². The van der Waals surface area contributed by atoms with Gasteiger partial charge >= 0.3 is 18.3 Å². The molecule has 1 aromatic carbocycles. The van der Waals surface area contributed by atoms with Gasteiger partial charge in [-0.2, -0.15) is 31.3 Å². The van der Waals surface area contributed by atoms with Crippen LogP contribution in [0.4, 0.5) is 26.3 Å². The van der Waals surface area contributed by atoms with E-state index in [1.54, 1.807) is 0 Å². The molecule has 1 atom stereocenters. The number of carboxylic acid groups (broad SMARTS) is 1. The van der Waals surface area contributed by atoms with Crippen molar-refractivity contribution in [2.45, 2.75) is 70.4 Å². The van der Waals surface area contributed by atoms with E-state index in [1.807, 2.05) is 6.92 Å². The van der Waals surface area contributed by atoms with Crippen molar-refractivity contribution in [2.75, 3.05) is 6.54 Å². The van der Waals surface area contributed by atoms with Crippen molar-refractivity contribution >= 4 is 46.4 Å². The summed E-state index contributed by atoms with van der Waals surface area (Å²) in [6.45, 7) is 5.05. The van der Waals surface area contributed by atoms with Gasteiger partial charge in [0.2, 0.25) is 11.7 Å². The summed E-state index contributed by atoms with van der Waals surface area (Å²) in [4.78, 5) is 35.2. The van der Waals surface area contributed by atoms with E-state index in [1.165, 1.54) is 18.7 Å². The third-order valence-electron chi connectivity index (χ3n) is 7.26. The Bertz CT molecular complexity index is 1580. The number of hydrogen-bond donors (Lipinski definition) is 2. The summed E-state index contributed by atoms with van der Waals surface area (Å²) in [5.41, 5.74) is -8.85. The Kier molecular flexibility index (Phi) is 9.07. The van der Waals surface area contributed by atoms with Crippen LogP contribution in [0.25, 0.3) is 21.3 Å². The number of likely N-dealkylation sites (tertiary alicyclic amines) is 1. The molecule has 0 radical (unpaired) electrons. The number of benzene rings is 1. The van der Waals surface area contributed by atoms with Crippen molar-refractivity contribution in [3.8, 4) is 21.3 Å². The number of aliphatic hydroxyl groups is 1. The van der Waals surface area contributed by atoms with Gasteiger partial charge in [0.1, 0.15) is 5.69 Å². The average Bonchev–Trinajstić information content (AvgIpc) is 3.55. The van der Waals surface area contributed by atoms with Crippen molar-refractivity contribution in [3.05, 3.63) is 39.3 Å². The van der Waals surface area contributed by atoms with E-state index in [2.05, 4.69) is 15.1 Å². The predicted molar refractivity (Wildman–Crippen MR) is 146 cm³/mol. The Morgan fingerprint density at radius 3 is 2.27 bits per heavy atom. The minimum absolute atomic E-state index is 0.0329. The molecular weight excluding hydrogens is 665 g/mol. The minimum Gasteiger partial charge on any atom is -0.481 e. The number of aliphatic carboxylic acids is 1. The fraction of sp³-hybridized carbons (Fsp3) is 0.500. The molecule has 0 aliphatic carbocycles. The zero-order chi connectivity index (χ0) is 33.0. The highest BCUT2D eigenvalue weighted by Gasteiger charge is 2.72. The maximum atomic E-state index is 13.7. The number of amides is 1. The van der Waals surface area contributed by atoms with Crippen LogP contribution in [0.3, 0.4) is 0 Å². The second-order valence-electron chi connectivity index (χ2n) is 10.9. The number of piperidine rings is 1. The smallest absolute Gasteiger partial charge is 0.430 e. The summed E-state index contributed by atoms with van der Waals surface area (Å²) in [7, 11) is 0. The second-order valence-corrected chi connectivity index (χ2v) is 12.7. The van der Waals surface area contributed by atoms with Gasteiger partial charge in [-0.3, -0.25) is 9.59 Å². The standard InChI is InChI=1S/C26H24Cl2F6N4O5S/c1-11-6-4-5-9-38(11)21(39)17-18(44-20(36-17)19-35-14(43-37-19)10-23(2,3)22(40)41)12-7-8-13(16(28)15(12)27)24(42,25(29,30)31)26(32,33)34/h7-8,11,42H,4-6,9-10H2,1-3H3,(H,40,41). The van der Waals surface area contributed by atoms with Crippen LogP contribution in [0.15, 0.2) is 16.7 Å². The molecule has 3 aromatic rings. The summed E-state index contributed by atoms with van der Waals surface area (Å²) in [6, 6.07) is 0.901. The second kappa shape index (κ2) is 11.8. The highest BCUT2D eigenvalue weighted by atomic mass is 35.5. The largest absolute Gasteiger partial charge is 0.481 e. The zero-order valence-corrected chi connectivity index (χ0v) is 25.4. The highest BCUT2D eigenvalue weighted by molar-refractivity contribution is 7.18. The van der Waals surface area contributed by atoms with E-state index in [9.17, 15) is 46.1 Å². The molecule has 1 amide bonds. The fourth-order valence-electron chi connectivity index (χ4n) is 4.62. The first-order valence-corrected chi connectivity index (χ1v) is 14.5. The van der Waals surface area contributed by atoms with E-state index in [0.29, 0.717) is 25.5 Å². The van der Waals surface area contributed by atoms with Crippen molar-refractivity contribution in [2.24, 2.45) is 5.41 Å². The van der Waals surface area contributed by atoms with Gasteiger partial charge in [0, 0.05) is 30.1 Å². The molecule has 4 rings (SSSR count). The van der Waals surface area contributed by atoms with Gasteiger partial charge < -0.3 is 19.6 Å². The normalized spacial score (nSPS) is 16.8. The zero-order valence-electron chi connectivity index (χ0n) is 23.1. The lowest BCUT2D eigenvalue weighted by Crippen LogP contribution is -2.54. The van der Waals surface area contributed by atoms with Crippen LogP contribution in [0, 0.1) is 5.41 Å². The SMILES string of the molecule is CC1CCCCN1C(=O)c1nc(-c2noc(CC(C)(C)C(=O)O)n2)sc1-c1ccc(C(O)(C(F)(F)F)C(F)(F)F)c(Cl)c1Cl. The highest BCUT2D eigenvalue weighted by Crippen LogP contribution is 2.54. The number of hydrogen-bond acceptors (Lipinski definition) is 8. The third-order valence-corrected chi connectivity index (χ3v) is 9.23. The van der Waals surface area contributed by atoms with Crippen LogP contribution < -0.4 is 0 Å². The molecule has 1 unspecified atom stereocenters. The molecular formula is C26H24Cl2F6N4O5S. The monoisotopic (exact) mass is 688 g/mol. The van der Waals surface area contributed by atoms with Gasteiger partial charge in [0.05, 0.1) is 20.3 Å². The first kappa shape index (κ1) is 33.9. The molecule has 0 saturated carbocycles. The molecule has 1 fully saturated rings. The van der Waals surface area contributed by atoms with Gasteiger partial charge in [0.25, 0.3) is 11.5 Å². The fourth-order valence-corrected chi connectivity index (χ4v) is 6.25. The van der Waals surface area contributed by atoms with Gasteiger partial charge in [-0.15, -0.1) is 11.3 Å². The number of carboxylic acids is 1. The molecule has 0 bridgehead atoms. The number of rotatable bonds is 7. The van der Waals surface area contributed by atoms with Crippen molar-refractivity contribution in [1.29, 1.82) is 0 Å². The van der Waals surface area contributed by atoms with Crippen LogP contribution in [0.5, 0.6) is 0 Å². The van der Waals surface area contributed by atoms with Gasteiger partial charge in [-0.05, 0) is 40.0 Å². The molecule has 1 aliphatic rings. The molecule has 44 heavy (non-hydrogen) atoms. The first-order chi connectivity index (χ1) is 20.2. The van der Waals surface area contributed by atoms with E-state index in [0.717, 1.165) is 23.8 Å². The van der Waals surface area contributed by atoms with E-state index in [4.69, 9.17) is 27.7 Å². The van der Waals surface area contributed by atoms with Crippen LogP contribution in [-0.2, 0) is 16.8 Å². The molecule has 9 nitrogen and oxygen atoms in total. The van der Waals surface area contributed by atoms with Crippen LogP contribution in [-0.4, -0.2) is 67.1 Å². The Hall–Kier alpha value is -2.95.